The van der Waals surface area contributed by atoms with Crippen molar-refractivity contribution < 1.29 is 9.84 Å². The van der Waals surface area contributed by atoms with Gasteiger partial charge in [-0.1, -0.05) is 24.6 Å². The number of hydrogen-bond donors (Lipinski definition) is 1. The molecule has 0 amide bonds. The summed E-state index contributed by atoms with van der Waals surface area (Å²) in [6.07, 6.45) is 3.10. The SMILES string of the molecule is CN1CCCC[C@H]1[C@@H](O)COc1ccccc1. The molecule has 2 atom stereocenters. The number of likely N-dealkylation sites (tertiary alicyclic amines) is 1. The lowest BCUT2D eigenvalue weighted by Crippen LogP contribution is -2.46. The third-order valence-electron chi connectivity index (χ3n) is 3.43. The van der Waals surface area contributed by atoms with Crippen molar-refractivity contribution in [2.75, 3.05) is 20.2 Å². The average molecular weight is 235 g/mol. The molecule has 3 nitrogen and oxygen atoms in total. The predicted molar refractivity (Wildman–Crippen MR) is 68.2 cm³/mol. The van der Waals surface area contributed by atoms with Crippen molar-refractivity contribution in [2.45, 2.75) is 31.4 Å². The van der Waals surface area contributed by atoms with Crippen LogP contribution in [0.2, 0.25) is 0 Å². The van der Waals surface area contributed by atoms with Crippen LogP contribution in [0.5, 0.6) is 5.75 Å². The molecule has 3 heteroatoms. The molecule has 1 fully saturated rings. The monoisotopic (exact) mass is 235 g/mol. The van der Waals surface area contributed by atoms with Gasteiger partial charge in [0.2, 0.25) is 0 Å². The molecule has 0 aromatic heterocycles. The zero-order valence-corrected chi connectivity index (χ0v) is 10.4. The molecular weight excluding hydrogens is 214 g/mol. The number of aliphatic hydroxyl groups is 1. The second-order valence-corrected chi connectivity index (χ2v) is 4.74. The van der Waals surface area contributed by atoms with E-state index in [-0.39, 0.29) is 6.04 Å². The minimum Gasteiger partial charge on any atom is -0.491 e. The summed E-state index contributed by atoms with van der Waals surface area (Å²) in [5.41, 5.74) is 0. The largest absolute Gasteiger partial charge is 0.491 e. The average Bonchev–Trinajstić information content (AvgIpc) is 2.38. The van der Waals surface area contributed by atoms with Gasteiger partial charge < -0.3 is 14.7 Å². The van der Waals surface area contributed by atoms with E-state index < -0.39 is 6.10 Å². The Bertz CT molecular complexity index is 328. The van der Waals surface area contributed by atoms with Gasteiger partial charge in [-0.2, -0.15) is 0 Å². The van der Waals surface area contributed by atoms with Crippen LogP contribution in [0.3, 0.4) is 0 Å². The standard InChI is InChI=1S/C14H21NO2/c1-15-10-6-5-9-13(15)14(16)11-17-12-7-3-2-4-8-12/h2-4,7-8,13-14,16H,5-6,9-11H2,1H3/t13-,14-/m0/s1. The van der Waals surface area contributed by atoms with Gasteiger partial charge in [0.25, 0.3) is 0 Å². The highest BCUT2D eigenvalue weighted by molar-refractivity contribution is 5.20. The highest BCUT2D eigenvalue weighted by Crippen LogP contribution is 2.19. The Morgan fingerprint density at radius 1 is 1.35 bits per heavy atom. The molecule has 0 radical (unpaired) electrons. The van der Waals surface area contributed by atoms with Crippen LogP contribution in [0.15, 0.2) is 30.3 Å². The van der Waals surface area contributed by atoms with E-state index in [9.17, 15) is 5.11 Å². The first-order valence-corrected chi connectivity index (χ1v) is 6.33. The number of ether oxygens (including phenoxy) is 1. The van der Waals surface area contributed by atoms with Crippen molar-refractivity contribution in [1.29, 1.82) is 0 Å². The van der Waals surface area contributed by atoms with E-state index in [1.807, 2.05) is 30.3 Å². The molecule has 1 heterocycles. The van der Waals surface area contributed by atoms with Crippen LogP contribution >= 0.6 is 0 Å². The normalized spacial score (nSPS) is 23.3. The van der Waals surface area contributed by atoms with Gasteiger partial charge in [0.05, 0.1) is 0 Å². The summed E-state index contributed by atoms with van der Waals surface area (Å²) in [5.74, 6) is 0.824. The number of piperidine rings is 1. The molecule has 17 heavy (non-hydrogen) atoms. The molecular formula is C14H21NO2. The van der Waals surface area contributed by atoms with Crippen LogP contribution in [0.4, 0.5) is 0 Å². The van der Waals surface area contributed by atoms with Gasteiger partial charge in [0, 0.05) is 6.04 Å². The zero-order valence-electron chi connectivity index (χ0n) is 10.4. The molecule has 1 aliphatic heterocycles. The van der Waals surface area contributed by atoms with E-state index in [0.29, 0.717) is 6.61 Å². The second kappa shape index (κ2) is 6.03. The van der Waals surface area contributed by atoms with E-state index in [2.05, 4.69) is 11.9 Å². The van der Waals surface area contributed by atoms with Gasteiger partial charge >= 0.3 is 0 Å². The highest BCUT2D eigenvalue weighted by atomic mass is 16.5. The minimum atomic E-state index is -0.402. The molecule has 0 spiro atoms. The topological polar surface area (TPSA) is 32.7 Å². The van der Waals surface area contributed by atoms with E-state index in [1.54, 1.807) is 0 Å². The number of aliphatic hydroxyl groups excluding tert-OH is 1. The molecule has 0 aliphatic carbocycles. The lowest BCUT2D eigenvalue weighted by molar-refractivity contribution is 0.0116. The van der Waals surface area contributed by atoms with Crippen molar-refractivity contribution in [3.8, 4) is 5.75 Å². The molecule has 1 N–H and O–H groups in total. The molecule has 0 saturated carbocycles. The van der Waals surface area contributed by atoms with Gasteiger partial charge in [-0.25, -0.2) is 0 Å². The summed E-state index contributed by atoms with van der Waals surface area (Å²) in [6, 6.07) is 9.91. The van der Waals surface area contributed by atoms with Crippen LogP contribution in [0, 0.1) is 0 Å². The summed E-state index contributed by atoms with van der Waals surface area (Å²) < 4.78 is 5.59. The van der Waals surface area contributed by atoms with Crippen molar-refractivity contribution >= 4 is 0 Å². The predicted octanol–water partition coefficient (Wildman–Crippen LogP) is 1.91. The lowest BCUT2D eigenvalue weighted by Gasteiger charge is -2.35. The third kappa shape index (κ3) is 3.45. The van der Waals surface area contributed by atoms with Gasteiger partial charge in [-0.05, 0) is 38.6 Å². The molecule has 0 unspecified atom stereocenters. The van der Waals surface area contributed by atoms with Crippen molar-refractivity contribution in [2.24, 2.45) is 0 Å². The first-order valence-electron chi connectivity index (χ1n) is 6.33. The number of nitrogens with zero attached hydrogens (tertiary/aromatic N) is 1. The first kappa shape index (κ1) is 12.4. The fraction of sp³-hybridized carbons (Fsp3) is 0.571. The summed E-state index contributed by atoms with van der Waals surface area (Å²) in [7, 11) is 2.08. The number of benzene rings is 1. The molecule has 0 bridgehead atoms. The summed E-state index contributed by atoms with van der Waals surface area (Å²) >= 11 is 0. The van der Waals surface area contributed by atoms with E-state index in [0.717, 1.165) is 18.7 Å². The van der Waals surface area contributed by atoms with Crippen LogP contribution in [-0.2, 0) is 0 Å². The number of para-hydroxylation sites is 1. The van der Waals surface area contributed by atoms with E-state index in [1.165, 1.54) is 12.8 Å². The lowest BCUT2D eigenvalue weighted by atomic mass is 9.98. The Balaban J connectivity index is 1.82. The smallest absolute Gasteiger partial charge is 0.119 e. The molecule has 1 aliphatic rings. The molecule has 2 rings (SSSR count). The number of rotatable bonds is 4. The van der Waals surface area contributed by atoms with Crippen molar-refractivity contribution in [1.82, 2.24) is 4.90 Å². The summed E-state index contributed by atoms with van der Waals surface area (Å²) in [5, 5.41) is 10.1. The Labute approximate surface area is 103 Å². The fourth-order valence-electron chi connectivity index (χ4n) is 2.40. The maximum Gasteiger partial charge on any atom is 0.119 e. The van der Waals surface area contributed by atoms with Gasteiger partial charge in [-0.15, -0.1) is 0 Å². The van der Waals surface area contributed by atoms with E-state index >= 15 is 0 Å². The van der Waals surface area contributed by atoms with Crippen LogP contribution in [-0.4, -0.2) is 42.4 Å². The fourth-order valence-corrected chi connectivity index (χ4v) is 2.40. The molecule has 94 valence electrons. The van der Waals surface area contributed by atoms with Gasteiger partial charge in [0.15, 0.2) is 0 Å². The third-order valence-corrected chi connectivity index (χ3v) is 3.43. The zero-order chi connectivity index (χ0) is 12.1. The second-order valence-electron chi connectivity index (χ2n) is 4.74. The van der Waals surface area contributed by atoms with E-state index in [4.69, 9.17) is 4.74 Å². The van der Waals surface area contributed by atoms with Crippen LogP contribution in [0.1, 0.15) is 19.3 Å². The maximum atomic E-state index is 10.1. The van der Waals surface area contributed by atoms with Crippen LogP contribution in [0.25, 0.3) is 0 Å². The van der Waals surface area contributed by atoms with Gasteiger partial charge in [0.1, 0.15) is 18.5 Å². The summed E-state index contributed by atoms with van der Waals surface area (Å²) in [6.45, 7) is 1.45. The highest BCUT2D eigenvalue weighted by Gasteiger charge is 2.26. The molecule has 1 aromatic rings. The van der Waals surface area contributed by atoms with Crippen molar-refractivity contribution in [3.63, 3.8) is 0 Å². The Hall–Kier alpha value is -1.06. The number of hydrogen-bond acceptors (Lipinski definition) is 3. The number of likely N-dealkylation sites (N-methyl/N-ethyl adjacent to an activating group) is 1. The molecule has 1 saturated heterocycles. The Kier molecular flexibility index (Phi) is 4.40. The Morgan fingerprint density at radius 2 is 2.12 bits per heavy atom. The van der Waals surface area contributed by atoms with Crippen LogP contribution < -0.4 is 4.74 Å². The quantitative estimate of drug-likeness (QED) is 0.865. The van der Waals surface area contributed by atoms with Gasteiger partial charge in [-0.3, -0.25) is 0 Å². The maximum absolute atomic E-state index is 10.1. The first-order chi connectivity index (χ1) is 8.27. The minimum absolute atomic E-state index is 0.243. The molecule has 1 aromatic carbocycles. The van der Waals surface area contributed by atoms with Crippen molar-refractivity contribution in [3.05, 3.63) is 30.3 Å². The Morgan fingerprint density at radius 3 is 2.82 bits per heavy atom. The summed E-state index contributed by atoms with van der Waals surface area (Å²) in [4.78, 5) is 2.24.